The monoisotopic (exact) mass is 1360 g/mol. The van der Waals surface area contributed by atoms with Crippen molar-refractivity contribution in [3.05, 3.63) is 125 Å². The van der Waals surface area contributed by atoms with Crippen LogP contribution in [0.2, 0.25) is 0 Å². The van der Waals surface area contributed by atoms with E-state index in [1.807, 2.05) is 0 Å². The number of carbonyl (C=O) groups is 4. The summed E-state index contributed by atoms with van der Waals surface area (Å²) in [5.41, 5.74) is -4.05. The molecule has 0 amide bonds. The number of nitrogens with one attached hydrogen (secondary N) is 4. The fourth-order valence-corrected chi connectivity index (χ4v) is 10.6. The number of benzene rings is 7. The van der Waals surface area contributed by atoms with Crippen molar-refractivity contribution in [2.45, 2.75) is 33.4 Å². The van der Waals surface area contributed by atoms with Crippen molar-refractivity contribution in [1.82, 2.24) is 29.9 Å². The van der Waals surface area contributed by atoms with Gasteiger partial charge < -0.3 is 61.7 Å². The summed E-state index contributed by atoms with van der Waals surface area (Å²) in [4.78, 5) is 71.9. The van der Waals surface area contributed by atoms with E-state index in [4.69, 9.17) is 15.3 Å². The van der Waals surface area contributed by atoms with Gasteiger partial charge in [0.25, 0.3) is 20.2 Å². The van der Waals surface area contributed by atoms with Crippen LogP contribution in [0.3, 0.4) is 0 Å². The van der Waals surface area contributed by atoms with Crippen molar-refractivity contribution < 1.29 is 115 Å². The van der Waals surface area contributed by atoms with Gasteiger partial charge in [-0.05, 0) is 110 Å². The molecule has 15 N–H and O–H groups in total. The average Bonchev–Trinajstić information content (AvgIpc) is 0.769. The van der Waals surface area contributed by atoms with Gasteiger partial charge in [0, 0.05) is 22.5 Å². The molecule has 9 rings (SSSR count). The zero-order chi connectivity index (χ0) is 67.2. The number of azo groups is 2. The van der Waals surface area contributed by atoms with Gasteiger partial charge in [0.05, 0.1) is 94.4 Å². The van der Waals surface area contributed by atoms with E-state index in [0.29, 0.717) is 0 Å². The van der Waals surface area contributed by atoms with Crippen LogP contribution in [0.4, 0.5) is 69.3 Å². The molecule has 0 fully saturated rings. The van der Waals surface area contributed by atoms with Crippen molar-refractivity contribution in [1.29, 1.82) is 0 Å². The number of nitrogens with zero attached hydrogens (tertiary/aromatic N) is 10. The minimum Gasteiger partial charge on any atom is -0.505 e. The van der Waals surface area contributed by atoms with Crippen molar-refractivity contribution in [3.63, 3.8) is 0 Å². The molecule has 2 aromatic heterocycles. The van der Waals surface area contributed by atoms with Crippen LogP contribution < -0.4 is 26.0 Å². The SMILES string of the molecule is Cc1nc(Nc2ccc(Nc3nc(C)nc(Nc4cc(S(=O)(=O)O)cc5cc(SOOO)c(N=Nc6cc(C(=O)O)cc(C(=O)O)c6)c(O)c45)n3)c(C(=O)O)c2)nc(Nc2cc(S(=O)(=O)O)cc3cc(SOOO)c(N=Nc4cc(OCO)cc(C(=O)O)c4)c(O)c23)n1. The second-order valence-corrected chi connectivity index (χ2v) is 22.7. The lowest BCUT2D eigenvalue weighted by molar-refractivity contribution is -0.432. The molecule has 0 aliphatic carbocycles. The highest BCUT2D eigenvalue weighted by atomic mass is 32.2. The Morgan fingerprint density at radius 2 is 0.925 bits per heavy atom. The van der Waals surface area contributed by atoms with Gasteiger partial charge >= 0.3 is 23.9 Å². The molecule has 93 heavy (non-hydrogen) atoms. The largest absolute Gasteiger partial charge is 0.505 e. The lowest BCUT2D eigenvalue weighted by Gasteiger charge is -2.16. The summed E-state index contributed by atoms with van der Waals surface area (Å²) in [5.74, 6) is -9.11. The summed E-state index contributed by atoms with van der Waals surface area (Å²) < 4.78 is 85.0. The van der Waals surface area contributed by atoms with E-state index < -0.39 is 106 Å². The highest BCUT2D eigenvalue weighted by Gasteiger charge is 2.26. The number of hydrogen-bond acceptors (Lipinski definition) is 34. The van der Waals surface area contributed by atoms with Gasteiger partial charge in [-0.2, -0.15) is 57.0 Å². The number of aryl methyl sites for hydroxylation is 2. The van der Waals surface area contributed by atoms with Gasteiger partial charge in [-0.3, -0.25) is 9.11 Å². The Hall–Kier alpha value is -11.0. The summed E-state index contributed by atoms with van der Waals surface area (Å²) in [7, 11) is -10.1. The molecule has 38 nitrogen and oxygen atoms in total. The van der Waals surface area contributed by atoms with Crippen LogP contribution in [0.1, 0.15) is 53.1 Å². The smallest absolute Gasteiger partial charge is 0.337 e. The molecular weight excluding hydrogens is 1320 g/mol. The zero-order valence-corrected chi connectivity index (χ0v) is 49.5. The molecule has 2 heterocycles. The number of carboxylic acids is 4. The maximum Gasteiger partial charge on any atom is 0.337 e. The number of rotatable bonds is 26. The highest BCUT2D eigenvalue weighted by molar-refractivity contribution is 7.95. The van der Waals surface area contributed by atoms with Crippen LogP contribution in [0.25, 0.3) is 21.5 Å². The van der Waals surface area contributed by atoms with Crippen LogP contribution in [0.5, 0.6) is 17.2 Å². The number of fused-ring (bicyclic) bond motifs is 2. The Labute approximate surface area is 525 Å². The van der Waals surface area contributed by atoms with Crippen LogP contribution in [-0.4, -0.2) is 133 Å². The lowest BCUT2D eigenvalue weighted by atomic mass is 10.1. The molecule has 0 unspecified atom stereocenters. The van der Waals surface area contributed by atoms with E-state index in [1.165, 1.54) is 38.1 Å². The Balaban J connectivity index is 1.04. The minimum absolute atomic E-state index is 0.00744. The molecule has 9 aromatic rings. The standard InChI is InChI=1S/C51H38N14O24S4/c1-19-52-48(60-50(54-19)58-34-16-30(92(79,80)81)11-22-13-37(91-89-87-78)41(43(68)38(22)34)65-63-28-8-25(46(73)74)9-29(14-28)85-18-66)56-26-3-4-33(32(15-26)47(75)76)57-49-53-20(2)55-51(61-49)59-35-17-31(93(82,83)84)10-21-12-36(90-88-86-77)40(42(67)39(21)35)64-62-27-6-23(44(69)70)5-24(7-27)45(71)72/h3-17,66-68,77-78H,18H2,1-2H3,(H,69,70)(H,71,72)(H,73,74)(H,75,76)(H,79,80,81)(H,82,83,84)(H2,52,54,56,58,60)(H2,53,55,57,59,61). The number of phenolic OH excluding ortho intramolecular Hbond substituents is 2. The third-order valence-electron chi connectivity index (χ3n) is 12.2. The molecule has 7 aromatic carbocycles. The number of aromatic carboxylic acids is 4. The topological polar surface area (TPSA) is 580 Å². The number of ether oxygens (including phenoxy) is 1. The number of aliphatic hydroxyl groups is 1. The predicted molar refractivity (Wildman–Crippen MR) is 318 cm³/mol. The van der Waals surface area contributed by atoms with Gasteiger partial charge in [-0.25, -0.2) is 29.7 Å². The summed E-state index contributed by atoms with van der Waals surface area (Å²) in [6, 6.07) is 15.7. The molecule has 480 valence electrons. The fraction of sp³-hybridized carbons (Fsp3) is 0.0588. The van der Waals surface area contributed by atoms with Crippen LogP contribution in [0.15, 0.2) is 131 Å². The van der Waals surface area contributed by atoms with Gasteiger partial charge in [0.2, 0.25) is 23.8 Å². The third-order valence-corrected chi connectivity index (χ3v) is 15.1. The van der Waals surface area contributed by atoms with Crippen LogP contribution in [-0.2, 0) is 39.0 Å². The van der Waals surface area contributed by atoms with E-state index in [1.54, 1.807) is 0 Å². The van der Waals surface area contributed by atoms with Gasteiger partial charge in [-0.15, -0.1) is 18.9 Å². The first-order chi connectivity index (χ1) is 44.1. The van der Waals surface area contributed by atoms with E-state index in [2.05, 4.69) is 90.4 Å². The highest BCUT2D eigenvalue weighted by Crippen LogP contribution is 2.50. The molecule has 42 heteroatoms. The average molecular weight is 1360 g/mol. The Kier molecular flexibility index (Phi) is 19.7. The summed E-state index contributed by atoms with van der Waals surface area (Å²) in [5, 5.41) is 124. The Morgan fingerprint density at radius 3 is 1.33 bits per heavy atom. The minimum atomic E-state index is -5.05. The molecule has 0 aliphatic rings. The number of phenols is 2. The van der Waals surface area contributed by atoms with Gasteiger partial charge in [0.15, 0.2) is 18.3 Å². The number of hydrogen-bond donors (Lipinski definition) is 15. The second kappa shape index (κ2) is 27.6. The van der Waals surface area contributed by atoms with E-state index in [0.717, 1.165) is 66.7 Å². The van der Waals surface area contributed by atoms with E-state index >= 15 is 0 Å². The summed E-state index contributed by atoms with van der Waals surface area (Å²) in [6.45, 7) is 1.95. The summed E-state index contributed by atoms with van der Waals surface area (Å²) in [6.07, 6.45) is 0. The Bertz CT molecular complexity index is 4830. The first-order valence-electron chi connectivity index (χ1n) is 25.0. The second-order valence-electron chi connectivity index (χ2n) is 18.4. The van der Waals surface area contributed by atoms with Crippen molar-refractivity contribution in [2.24, 2.45) is 20.5 Å². The lowest BCUT2D eigenvalue weighted by Crippen LogP contribution is -2.10. The van der Waals surface area contributed by atoms with Crippen molar-refractivity contribution >= 4 is 159 Å². The quantitative estimate of drug-likeness (QED) is 0.00598. The molecule has 0 spiro atoms. The normalized spacial score (nSPS) is 11.8. The van der Waals surface area contributed by atoms with E-state index in [-0.39, 0.29) is 130 Å². The molecule has 0 aliphatic heterocycles. The predicted octanol–water partition coefficient (Wildman–Crippen LogP) is 9.67. The Morgan fingerprint density at radius 1 is 0.505 bits per heavy atom. The van der Waals surface area contributed by atoms with E-state index in [9.17, 15) is 80.9 Å². The first kappa shape index (κ1) is 66.4. The number of aliphatic hydroxyl groups excluding tert-OH is 1. The zero-order valence-electron chi connectivity index (χ0n) is 46.2. The first-order valence-corrected chi connectivity index (χ1v) is 29.4. The molecule has 0 bridgehead atoms. The fourth-order valence-electron chi connectivity index (χ4n) is 8.48. The van der Waals surface area contributed by atoms with Crippen molar-refractivity contribution in [2.75, 3.05) is 28.1 Å². The molecule has 0 saturated heterocycles. The summed E-state index contributed by atoms with van der Waals surface area (Å²) >= 11 is 0.443. The van der Waals surface area contributed by atoms with Crippen LogP contribution >= 0.6 is 24.1 Å². The van der Waals surface area contributed by atoms with Gasteiger partial charge in [0.1, 0.15) is 28.8 Å². The van der Waals surface area contributed by atoms with Gasteiger partial charge in [-0.1, -0.05) is 10.1 Å². The van der Waals surface area contributed by atoms with Crippen molar-refractivity contribution in [3.8, 4) is 17.2 Å². The van der Waals surface area contributed by atoms with Crippen LogP contribution in [0, 0.1) is 13.8 Å². The molecule has 0 radical (unpaired) electrons. The molecular formula is C51H38N14O24S4. The molecule has 0 atom stereocenters. The number of aromatic hydroxyl groups is 2. The maximum atomic E-state index is 12.9. The molecule has 0 saturated carbocycles. The number of anilines is 8. The maximum absolute atomic E-state index is 12.9. The third kappa shape index (κ3) is 15.8. The number of carboxylic acid groups (broad SMARTS) is 4. The number of aromatic nitrogens is 6.